The molecular formula is C46H39N7O6S2. The zero-order valence-corrected chi connectivity index (χ0v) is 34.7. The molecule has 8 rings (SSSR count). The largest absolute Gasteiger partial charge is 0.497 e. The average molecular weight is 850 g/mol. The van der Waals surface area contributed by atoms with E-state index in [0.29, 0.717) is 27.6 Å². The minimum Gasteiger partial charge on any atom is -0.497 e. The Hall–Kier alpha value is -7.10. The molecule has 1 fully saturated rings. The van der Waals surface area contributed by atoms with Gasteiger partial charge in [-0.05, 0) is 40.0 Å². The summed E-state index contributed by atoms with van der Waals surface area (Å²) in [7, 11) is 2.90. The summed E-state index contributed by atoms with van der Waals surface area (Å²) >= 11 is 2.68. The third-order valence-corrected chi connectivity index (χ3v) is 12.3. The van der Waals surface area contributed by atoms with Gasteiger partial charge in [-0.25, -0.2) is 19.7 Å². The van der Waals surface area contributed by atoms with Gasteiger partial charge in [0.25, 0.3) is 11.8 Å². The molecule has 4 aromatic carbocycles. The van der Waals surface area contributed by atoms with Crippen LogP contribution in [0.1, 0.15) is 33.5 Å². The predicted octanol–water partition coefficient (Wildman–Crippen LogP) is 6.81. The SMILES string of the molecule is C=C(C1=C(C(=O)OCc2ccc(OC)cc2)N2C(=O)[C@@H](NC(=O)/C(=N\OC)c3csc(NC(c4ccccc4)(c4ccccc4)c4ccccc4)n3)[C@H]2SC1)c1cncnc1. The maximum absolute atomic E-state index is 14.1. The number of benzene rings is 4. The van der Waals surface area contributed by atoms with E-state index in [9.17, 15) is 14.4 Å². The zero-order valence-electron chi connectivity index (χ0n) is 33.1. The van der Waals surface area contributed by atoms with Crippen LogP contribution in [-0.2, 0) is 36.1 Å². The van der Waals surface area contributed by atoms with E-state index in [-0.39, 0.29) is 29.5 Å². The Morgan fingerprint density at radius 2 is 1.49 bits per heavy atom. The van der Waals surface area contributed by atoms with Crippen LogP contribution in [0.2, 0.25) is 0 Å². The van der Waals surface area contributed by atoms with Gasteiger partial charge in [-0.3, -0.25) is 14.5 Å². The standard InChI is InChI=1S/C46H39N7O6S2/c1-29(31-23-47-28-48-24-31)36-26-60-43-39(42(55)53(43)40(36)44(56)59-25-30-19-21-35(57-2)22-20-30)50-41(54)38(52-58-3)37-27-61-45(49-37)51-46(32-13-7-4-8-14-32,33-15-9-5-10-16-33)34-17-11-6-12-18-34/h4-24,27-28,39,43H,1,25-26H2,2-3H3,(H,49,51)(H,50,54)/b52-38-/t39-,43-/m1/s1. The molecule has 0 aliphatic carbocycles. The molecule has 2 atom stereocenters. The first-order valence-corrected chi connectivity index (χ1v) is 21.0. The number of ether oxygens (including phenoxy) is 2. The van der Waals surface area contributed by atoms with Crippen LogP contribution in [-0.4, -0.2) is 74.7 Å². The van der Waals surface area contributed by atoms with Gasteiger partial charge in [-0.15, -0.1) is 23.1 Å². The van der Waals surface area contributed by atoms with Crippen molar-refractivity contribution in [1.82, 2.24) is 25.2 Å². The fraction of sp³-hybridized carbons (Fsp3) is 0.152. The fourth-order valence-corrected chi connectivity index (χ4v) is 9.43. The maximum Gasteiger partial charge on any atom is 0.355 e. The predicted molar refractivity (Wildman–Crippen MR) is 234 cm³/mol. The lowest BCUT2D eigenvalue weighted by Crippen LogP contribution is -2.71. The van der Waals surface area contributed by atoms with Gasteiger partial charge in [0, 0.05) is 34.7 Å². The number of oxime groups is 1. The van der Waals surface area contributed by atoms with Crippen LogP contribution in [0.4, 0.5) is 5.13 Å². The van der Waals surface area contributed by atoms with Crippen LogP contribution in [0, 0.1) is 0 Å². The van der Waals surface area contributed by atoms with E-state index in [1.165, 1.54) is 41.4 Å². The maximum atomic E-state index is 14.1. The van der Waals surface area contributed by atoms with Gasteiger partial charge < -0.3 is 24.9 Å². The molecule has 0 saturated carbocycles. The summed E-state index contributed by atoms with van der Waals surface area (Å²) in [6, 6.07) is 36.3. The van der Waals surface area contributed by atoms with Crippen molar-refractivity contribution < 1.29 is 28.7 Å². The molecule has 61 heavy (non-hydrogen) atoms. The number of amides is 2. The molecule has 15 heteroatoms. The van der Waals surface area contributed by atoms with Crippen molar-refractivity contribution >= 4 is 57.3 Å². The molecule has 0 spiro atoms. The number of nitrogens with one attached hydrogen (secondary N) is 2. The molecular weight excluding hydrogens is 811 g/mol. The van der Waals surface area contributed by atoms with Gasteiger partial charge in [0.2, 0.25) is 0 Å². The Balaban J connectivity index is 1.05. The van der Waals surface area contributed by atoms with Crippen molar-refractivity contribution in [2.24, 2.45) is 5.16 Å². The van der Waals surface area contributed by atoms with Crippen molar-refractivity contribution in [3.63, 3.8) is 0 Å². The smallest absolute Gasteiger partial charge is 0.355 e. The van der Waals surface area contributed by atoms with E-state index >= 15 is 0 Å². The third-order valence-electron chi connectivity index (χ3n) is 10.3. The molecule has 0 unspecified atom stereocenters. The monoisotopic (exact) mass is 849 g/mol. The Bertz CT molecular complexity index is 2510. The van der Waals surface area contributed by atoms with Gasteiger partial charge in [0.15, 0.2) is 10.8 Å². The van der Waals surface area contributed by atoms with E-state index in [1.807, 2.05) is 54.6 Å². The minimum absolute atomic E-state index is 0.0429. The number of β-lactam (4-membered cyclic amide) rings is 1. The highest BCUT2D eigenvalue weighted by Crippen LogP contribution is 2.44. The van der Waals surface area contributed by atoms with E-state index in [4.69, 9.17) is 19.3 Å². The quantitative estimate of drug-likeness (QED) is 0.0368. The number of allylic oxidation sites excluding steroid dienone is 1. The van der Waals surface area contributed by atoms with Gasteiger partial charge in [-0.2, -0.15) is 0 Å². The molecule has 13 nitrogen and oxygen atoms in total. The van der Waals surface area contributed by atoms with Gasteiger partial charge in [0.05, 0.1) is 7.11 Å². The van der Waals surface area contributed by atoms with Crippen LogP contribution >= 0.6 is 23.1 Å². The first-order chi connectivity index (χ1) is 29.8. The van der Waals surface area contributed by atoms with E-state index < -0.39 is 34.7 Å². The van der Waals surface area contributed by atoms with Crippen LogP contribution in [0.25, 0.3) is 5.57 Å². The first-order valence-electron chi connectivity index (χ1n) is 19.1. The molecule has 0 bridgehead atoms. The van der Waals surface area contributed by atoms with Crippen molar-refractivity contribution in [2.45, 2.75) is 23.6 Å². The second kappa shape index (κ2) is 18.0. The molecule has 2 aliphatic rings. The number of esters is 1. The number of hydrogen-bond donors (Lipinski definition) is 2. The second-order valence-electron chi connectivity index (χ2n) is 13.9. The Labute approximate surface area is 360 Å². The lowest BCUT2D eigenvalue weighted by atomic mass is 9.77. The average Bonchev–Trinajstić information content (AvgIpc) is 3.79. The van der Waals surface area contributed by atoms with Crippen LogP contribution in [0.3, 0.4) is 0 Å². The number of anilines is 1. The highest BCUT2D eigenvalue weighted by Gasteiger charge is 2.55. The summed E-state index contributed by atoms with van der Waals surface area (Å²) in [5, 5.41) is 12.2. The minimum atomic E-state index is -1.00. The molecule has 2 N–H and O–H groups in total. The Morgan fingerprint density at radius 1 is 0.885 bits per heavy atom. The first kappa shape index (κ1) is 40.7. The zero-order chi connectivity index (χ0) is 42.3. The van der Waals surface area contributed by atoms with Crippen LogP contribution in [0.15, 0.2) is 162 Å². The molecule has 4 heterocycles. The molecule has 2 amide bonds. The van der Waals surface area contributed by atoms with Crippen molar-refractivity contribution in [3.05, 3.63) is 191 Å². The number of carbonyl (C=O) groups is 3. The number of nitrogens with zero attached hydrogens (tertiary/aromatic N) is 5. The van der Waals surface area contributed by atoms with Gasteiger partial charge in [0.1, 0.15) is 54.1 Å². The lowest BCUT2D eigenvalue weighted by molar-refractivity contribution is -0.153. The molecule has 2 aromatic heterocycles. The second-order valence-corrected chi connectivity index (χ2v) is 15.8. The third kappa shape index (κ3) is 8.12. The molecule has 0 radical (unpaired) electrons. The van der Waals surface area contributed by atoms with E-state index in [1.54, 1.807) is 49.1 Å². The number of fused-ring (bicyclic) bond motifs is 1. The number of carbonyl (C=O) groups excluding carboxylic acids is 3. The number of thioether (sulfide) groups is 1. The summed E-state index contributed by atoms with van der Waals surface area (Å²) < 4.78 is 11.0. The van der Waals surface area contributed by atoms with E-state index in [0.717, 1.165) is 22.3 Å². The van der Waals surface area contributed by atoms with Crippen LogP contribution < -0.4 is 15.4 Å². The van der Waals surface area contributed by atoms with Crippen LogP contribution in [0.5, 0.6) is 5.75 Å². The number of aromatic nitrogens is 3. The van der Waals surface area contributed by atoms with Crippen molar-refractivity contribution in [3.8, 4) is 5.75 Å². The van der Waals surface area contributed by atoms with Gasteiger partial charge in [-0.1, -0.05) is 115 Å². The number of methoxy groups -OCH3 is 1. The summed E-state index contributed by atoms with van der Waals surface area (Å²) in [4.78, 5) is 61.7. The topological polar surface area (TPSA) is 157 Å². The highest BCUT2D eigenvalue weighted by molar-refractivity contribution is 8.00. The lowest BCUT2D eigenvalue weighted by Gasteiger charge is -2.49. The highest BCUT2D eigenvalue weighted by atomic mass is 32.2. The number of thiazole rings is 1. The van der Waals surface area contributed by atoms with Crippen molar-refractivity contribution in [2.75, 3.05) is 25.3 Å². The summed E-state index contributed by atoms with van der Waals surface area (Å²) in [5.41, 5.74) is 4.51. The van der Waals surface area contributed by atoms with E-state index in [2.05, 4.69) is 68.7 Å². The molecule has 2 aliphatic heterocycles. The number of rotatable bonds is 15. The fourth-order valence-electron chi connectivity index (χ4n) is 7.29. The van der Waals surface area contributed by atoms with Gasteiger partial charge >= 0.3 is 5.97 Å². The molecule has 6 aromatic rings. The normalized spacial score (nSPS) is 16.2. The summed E-state index contributed by atoms with van der Waals surface area (Å²) in [6.45, 7) is 4.18. The Morgan fingerprint density at radius 3 is 2.07 bits per heavy atom. The summed E-state index contributed by atoms with van der Waals surface area (Å²) in [5.74, 6) is -0.953. The number of hydrogen-bond acceptors (Lipinski definition) is 13. The molecule has 1 saturated heterocycles. The molecule has 306 valence electrons. The summed E-state index contributed by atoms with van der Waals surface area (Å²) in [6.07, 6.45) is 4.56. The van der Waals surface area contributed by atoms with Crippen molar-refractivity contribution in [1.29, 1.82) is 0 Å². The Kier molecular flexibility index (Phi) is 12.0.